The van der Waals surface area contributed by atoms with Gasteiger partial charge in [0.1, 0.15) is 11.5 Å². The van der Waals surface area contributed by atoms with E-state index in [1.54, 1.807) is 6.07 Å². The fourth-order valence-electron chi connectivity index (χ4n) is 5.19. The van der Waals surface area contributed by atoms with Gasteiger partial charge in [0.05, 0.1) is 0 Å². The zero-order chi connectivity index (χ0) is 23.7. The van der Waals surface area contributed by atoms with E-state index >= 15 is 0 Å². The van der Waals surface area contributed by atoms with Crippen molar-refractivity contribution in [3.63, 3.8) is 0 Å². The summed E-state index contributed by atoms with van der Waals surface area (Å²) in [5.41, 5.74) is 11.4. The van der Waals surface area contributed by atoms with Gasteiger partial charge in [-0.15, -0.1) is 0 Å². The van der Waals surface area contributed by atoms with Gasteiger partial charge in [-0.05, 0) is 74.0 Å². The minimum absolute atomic E-state index is 0.437. The normalized spacial score (nSPS) is 16.1. The van der Waals surface area contributed by atoms with Crippen LogP contribution in [0.1, 0.15) is 51.5 Å². The number of benzene rings is 4. The highest BCUT2D eigenvalue weighted by molar-refractivity contribution is 6.08. The van der Waals surface area contributed by atoms with Crippen LogP contribution in [0.2, 0.25) is 0 Å². The third kappa shape index (κ3) is 4.55. The van der Waals surface area contributed by atoms with Crippen LogP contribution in [-0.2, 0) is 6.54 Å². The lowest BCUT2D eigenvalue weighted by atomic mass is 9.99. The SMILES string of the molecule is Cc1cc(C)cc(C2CCCN2Cc2ccc(Oc3ccc(C(N)=O)c4ccccc34)cc2)c1. The van der Waals surface area contributed by atoms with Crippen LogP contribution in [0.25, 0.3) is 10.8 Å². The van der Waals surface area contributed by atoms with Crippen molar-refractivity contribution in [2.45, 2.75) is 39.3 Å². The minimum atomic E-state index is -0.437. The molecule has 1 amide bonds. The third-order valence-electron chi connectivity index (χ3n) is 6.68. The van der Waals surface area contributed by atoms with Crippen LogP contribution in [0, 0.1) is 13.8 Å². The lowest BCUT2D eigenvalue weighted by Crippen LogP contribution is -2.22. The second-order valence-corrected chi connectivity index (χ2v) is 9.32. The highest BCUT2D eigenvalue weighted by Gasteiger charge is 2.26. The highest BCUT2D eigenvalue weighted by atomic mass is 16.5. The average molecular weight is 451 g/mol. The Morgan fingerprint density at radius 1 is 0.941 bits per heavy atom. The van der Waals surface area contributed by atoms with Crippen molar-refractivity contribution in [3.8, 4) is 11.5 Å². The Morgan fingerprint density at radius 2 is 1.65 bits per heavy atom. The molecule has 1 fully saturated rings. The van der Waals surface area contributed by atoms with E-state index in [1.165, 1.54) is 35.1 Å². The van der Waals surface area contributed by atoms with Crippen molar-refractivity contribution in [3.05, 3.63) is 107 Å². The van der Waals surface area contributed by atoms with Gasteiger partial charge in [0.25, 0.3) is 0 Å². The van der Waals surface area contributed by atoms with E-state index in [0.29, 0.717) is 17.4 Å². The van der Waals surface area contributed by atoms with Crippen molar-refractivity contribution >= 4 is 16.7 Å². The second-order valence-electron chi connectivity index (χ2n) is 9.32. The van der Waals surface area contributed by atoms with Crippen molar-refractivity contribution in [1.82, 2.24) is 4.90 Å². The van der Waals surface area contributed by atoms with Crippen molar-refractivity contribution < 1.29 is 9.53 Å². The number of fused-ring (bicyclic) bond motifs is 1. The first-order valence-electron chi connectivity index (χ1n) is 11.9. The molecule has 5 rings (SSSR count). The zero-order valence-corrected chi connectivity index (χ0v) is 19.8. The molecule has 1 unspecified atom stereocenters. The Hall–Kier alpha value is -3.63. The molecule has 0 aliphatic carbocycles. The Bertz CT molecular complexity index is 1320. The molecule has 4 heteroatoms. The van der Waals surface area contributed by atoms with Crippen LogP contribution < -0.4 is 10.5 Å². The smallest absolute Gasteiger partial charge is 0.249 e. The number of rotatable bonds is 6. The fraction of sp³-hybridized carbons (Fsp3) is 0.233. The molecule has 0 saturated carbocycles. The van der Waals surface area contributed by atoms with E-state index in [-0.39, 0.29) is 0 Å². The van der Waals surface area contributed by atoms with Crippen molar-refractivity contribution in [2.75, 3.05) is 6.54 Å². The summed E-state index contributed by atoms with van der Waals surface area (Å²) in [5.74, 6) is 1.05. The molecule has 0 radical (unpaired) electrons. The Balaban J connectivity index is 1.33. The van der Waals surface area contributed by atoms with E-state index in [2.05, 4.69) is 49.1 Å². The highest BCUT2D eigenvalue weighted by Crippen LogP contribution is 2.35. The number of primary amides is 1. The molecule has 1 heterocycles. The number of ether oxygens (including phenoxy) is 1. The van der Waals surface area contributed by atoms with Crippen LogP contribution >= 0.6 is 0 Å². The van der Waals surface area contributed by atoms with Crippen molar-refractivity contribution in [2.24, 2.45) is 5.73 Å². The molecule has 0 bridgehead atoms. The lowest BCUT2D eigenvalue weighted by Gasteiger charge is -2.25. The molecule has 1 saturated heterocycles. The predicted molar refractivity (Wildman–Crippen MR) is 137 cm³/mol. The number of nitrogens with zero attached hydrogens (tertiary/aromatic N) is 1. The van der Waals surface area contributed by atoms with Gasteiger partial charge in [0.2, 0.25) is 5.91 Å². The molecule has 1 atom stereocenters. The summed E-state index contributed by atoms with van der Waals surface area (Å²) in [5, 5.41) is 1.67. The topological polar surface area (TPSA) is 55.6 Å². The number of likely N-dealkylation sites (tertiary alicyclic amines) is 1. The maximum absolute atomic E-state index is 11.8. The standard InChI is InChI=1S/C30H30N2O2/c1-20-16-21(2)18-23(17-20)28-8-5-15-32(28)19-22-9-11-24(12-10-22)34-29-14-13-27(30(31)33)25-6-3-4-7-26(25)29/h3-4,6-7,9-14,16-18,28H,5,8,15,19H2,1-2H3,(H2,31,33). The molecule has 172 valence electrons. The number of hydrogen-bond donors (Lipinski definition) is 1. The number of amides is 1. The minimum Gasteiger partial charge on any atom is -0.457 e. The first kappa shape index (κ1) is 22.2. The van der Waals surface area contributed by atoms with Crippen LogP contribution in [-0.4, -0.2) is 17.4 Å². The summed E-state index contributed by atoms with van der Waals surface area (Å²) in [6.45, 7) is 6.40. The van der Waals surface area contributed by atoms with E-state index < -0.39 is 5.91 Å². The van der Waals surface area contributed by atoms with Gasteiger partial charge in [-0.3, -0.25) is 9.69 Å². The molecule has 1 aliphatic rings. The Kier molecular flexibility index (Phi) is 6.08. The molecular weight excluding hydrogens is 420 g/mol. The summed E-state index contributed by atoms with van der Waals surface area (Å²) >= 11 is 0. The first-order chi connectivity index (χ1) is 16.5. The monoisotopic (exact) mass is 450 g/mol. The summed E-state index contributed by atoms with van der Waals surface area (Å²) in [6.07, 6.45) is 2.44. The summed E-state index contributed by atoms with van der Waals surface area (Å²) in [4.78, 5) is 14.4. The number of nitrogens with two attached hydrogens (primary N) is 1. The molecule has 0 aromatic heterocycles. The third-order valence-corrected chi connectivity index (χ3v) is 6.68. The maximum Gasteiger partial charge on any atom is 0.249 e. The number of aryl methyl sites for hydroxylation is 2. The van der Waals surface area contributed by atoms with E-state index in [9.17, 15) is 4.79 Å². The van der Waals surface area contributed by atoms with Gasteiger partial charge in [0, 0.05) is 23.5 Å². The van der Waals surface area contributed by atoms with Crippen LogP contribution in [0.3, 0.4) is 0 Å². The van der Waals surface area contributed by atoms with Crippen LogP contribution in [0.15, 0.2) is 78.9 Å². The quantitative estimate of drug-likeness (QED) is 0.356. The predicted octanol–water partition coefficient (Wildman–Crippen LogP) is 6.68. The molecule has 4 aromatic rings. The molecule has 4 aromatic carbocycles. The van der Waals surface area contributed by atoms with Gasteiger partial charge in [-0.2, -0.15) is 0 Å². The molecule has 2 N–H and O–H groups in total. The van der Waals surface area contributed by atoms with E-state index in [1.807, 2.05) is 42.5 Å². The van der Waals surface area contributed by atoms with E-state index in [0.717, 1.165) is 29.6 Å². The summed E-state index contributed by atoms with van der Waals surface area (Å²) in [6, 6.07) is 26.9. The van der Waals surface area contributed by atoms with Crippen LogP contribution in [0.4, 0.5) is 0 Å². The number of carbonyl (C=O) groups is 1. The zero-order valence-electron chi connectivity index (χ0n) is 19.8. The van der Waals surface area contributed by atoms with Crippen molar-refractivity contribution in [1.29, 1.82) is 0 Å². The van der Waals surface area contributed by atoms with Gasteiger partial charge in [0.15, 0.2) is 0 Å². The summed E-state index contributed by atoms with van der Waals surface area (Å²) in [7, 11) is 0. The fourth-order valence-corrected chi connectivity index (χ4v) is 5.19. The van der Waals surface area contributed by atoms with E-state index in [4.69, 9.17) is 10.5 Å². The Morgan fingerprint density at radius 3 is 2.35 bits per heavy atom. The van der Waals surface area contributed by atoms with Gasteiger partial charge < -0.3 is 10.5 Å². The molecule has 0 spiro atoms. The van der Waals surface area contributed by atoms with Gasteiger partial charge >= 0.3 is 0 Å². The lowest BCUT2D eigenvalue weighted by molar-refractivity contribution is 0.100. The molecule has 34 heavy (non-hydrogen) atoms. The average Bonchev–Trinajstić information content (AvgIpc) is 3.28. The van der Waals surface area contributed by atoms with Crippen LogP contribution in [0.5, 0.6) is 11.5 Å². The first-order valence-corrected chi connectivity index (χ1v) is 11.9. The molecule has 1 aliphatic heterocycles. The summed E-state index contributed by atoms with van der Waals surface area (Å²) < 4.78 is 6.20. The van der Waals surface area contributed by atoms with Gasteiger partial charge in [-0.1, -0.05) is 65.7 Å². The number of carbonyl (C=O) groups excluding carboxylic acids is 1. The molecule has 4 nitrogen and oxygen atoms in total. The maximum atomic E-state index is 11.8. The van der Waals surface area contributed by atoms with Gasteiger partial charge in [-0.25, -0.2) is 0 Å². The largest absolute Gasteiger partial charge is 0.457 e. The molecular formula is C30H30N2O2. The number of hydrogen-bond acceptors (Lipinski definition) is 3. The Labute approximate surface area is 201 Å². The second kappa shape index (κ2) is 9.32.